The number of nitrogens with zero attached hydrogens (tertiary/aromatic N) is 1. The Morgan fingerprint density at radius 2 is 2.39 bits per heavy atom. The van der Waals surface area contributed by atoms with Gasteiger partial charge >= 0.3 is 0 Å². The summed E-state index contributed by atoms with van der Waals surface area (Å²) < 4.78 is 5.57. The van der Waals surface area contributed by atoms with Crippen LogP contribution in [0.1, 0.15) is 18.4 Å². The van der Waals surface area contributed by atoms with Gasteiger partial charge in [-0.15, -0.1) is 0 Å². The normalized spacial score (nSPS) is 19.0. The molecule has 1 aromatic rings. The monoisotopic (exact) mass is 248 g/mol. The third-order valence-corrected chi connectivity index (χ3v) is 3.15. The summed E-state index contributed by atoms with van der Waals surface area (Å²) in [5, 5.41) is 0. The Morgan fingerprint density at radius 1 is 1.56 bits per heavy atom. The van der Waals surface area contributed by atoms with Crippen LogP contribution in [0, 0.1) is 6.92 Å². The van der Waals surface area contributed by atoms with Gasteiger partial charge in [-0.25, -0.2) is 0 Å². The number of carbonyl (C=O) groups is 1. The van der Waals surface area contributed by atoms with Gasteiger partial charge in [0.2, 0.25) is 5.91 Å². The number of rotatable bonds is 4. The Hall–Kier alpha value is -1.55. The van der Waals surface area contributed by atoms with Crippen LogP contribution in [0.15, 0.2) is 24.3 Å². The second kappa shape index (κ2) is 5.87. The number of benzene rings is 1. The number of carbonyl (C=O) groups excluding carboxylic acids is 1. The number of likely N-dealkylation sites (tertiary alicyclic amines) is 1. The number of amides is 1. The van der Waals surface area contributed by atoms with Gasteiger partial charge in [-0.2, -0.15) is 0 Å². The zero-order chi connectivity index (χ0) is 13.0. The lowest BCUT2D eigenvalue weighted by Gasteiger charge is -2.15. The predicted molar refractivity (Wildman–Crippen MR) is 70.5 cm³/mol. The molecule has 0 aliphatic carbocycles. The summed E-state index contributed by atoms with van der Waals surface area (Å²) in [6, 6.07) is 7.99. The molecule has 0 spiro atoms. The molecule has 18 heavy (non-hydrogen) atoms. The second-order valence-electron chi connectivity index (χ2n) is 4.80. The summed E-state index contributed by atoms with van der Waals surface area (Å²) in [5.41, 5.74) is 6.93. The standard InChI is InChI=1S/C14H20N2O2/c1-11-3-2-4-13(9-11)18-8-6-14(17)16-7-5-12(15)10-16/h2-4,9,12H,5-8,10,15H2,1H3/t12-/m0/s1. The van der Waals surface area contributed by atoms with Crippen molar-refractivity contribution < 1.29 is 9.53 Å². The fraction of sp³-hybridized carbons (Fsp3) is 0.500. The minimum atomic E-state index is 0.135. The Balaban J connectivity index is 1.73. The van der Waals surface area contributed by atoms with Crippen molar-refractivity contribution in [2.75, 3.05) is 19.7 Å². The summed E-state index contributed by atoms with van der Waals surface area (Å²) in [4.78, 5) is 13.7. The van der Waals surface area contributed by atoms with Crippen molar-refractivity contribution in [2.45, 2.75) is 25.8 Å². The third-order valence-electron chi connectivity index (χ3n) is 3.15. The summed E-state index contributed by atoms with van der Waals surface area (Å²) in [6.07, 6.45) is 1.32. The first-order chi connectivity index (χ1) is 8.65. The maximum Gasteiger partial charge on any atom is 0.226 e. The second-order valence-corrected chi connectivity index (χ2v) is 4.80. The van der Waals surface area contributed by atoms with Crippen molar-refractivity contribution in [3.63, 3.8) is 0 Å². The molecular weight excluding hydrogens is 228 g/mol. The highest BCUT2D eigenvalue weighted by molar-refractivity contribution is 5.76. The molecule has 1 amide bonds. The van der Waals surface area contributed by atoms with E-state index in [1.807, 2.05) is 36.1 Å². The molecule has 0 unspecified atom stereocenters. The van der Waals surface area contributed by atoms with Crippen LogP contribution in [0.5, 0.6) is 5.75 Å². The molecule has 0 aromatic heterocycles. The average Bonchev–Trinajstić information content (AvgIpc) is 2.76. The van der Waals surface area contributed by atoms with Crippen LogP contribution < -0.4 is 10.5 Å². The Bertz CT molecular complexity index is 420. The summed E-state index contributed by atoms with van der Waals surface area (Å²) in [5.74, 6) is 0.955. The van der Waals surface area contributed by atoms with Gasteiger partial charge in [0.25, 0.3) is 0 Å². The van der Waals surface area contributed by atoms with Crippen LogP contribution in [0.25, 0.3) is 0 Å². The van der Waals surface area contributed by atoms with Crippen molar-refractivity contribution in [3.8, 4) is 5.75 Å². The van der Waals surface area contributed by atoms with E-state index >= 15 is 0 Å². The predicted octanol–water partition coefficient (Wildman–Crippen LogP) is 1.32. The number of hydrogen-bond acceptors (Lipinski definition) is 3. The summed E-state index contributed by atoms with van der Waals surface area (Å²) >= 11 is 0. The minimum Gasteiger partial charge on any atom is -0.493 e. The van der Waals surface area contributed by atoms with Crippen molar-refractivity contribution in [1.82, 2.24) is 4.90 Å². The van der Waals surface area contributed by atoms with Crippen LogP contribution in [0.4, 0.5) is 0 Å². The Labute approximate surface area is 108 Å². The van der Waals surface area contributed by atoms with Crippen LogP contribution in [0.3, 0.4) is 0 Å². The highest BCUT2D eigenvalue weighted by Gasteiger charge is 2.22. The smallest absolute Gasteiger partial charge is 0.226 e. The number of hydrogen-bond donors (Lipinski definition) is 1. The first-order valence-electron chi connectivity index (χ1n) is 6.38. The van der Waals surface area contributed by atoms with Crippen LogP contribution in [-0.4, -0.2) is 36.5 Å². The quantitative estimate of drug-likeness (QED) is 0.874. The minimum absolute atomic E-state index is 0.135. The third kappa shape index (κ3) is 3.47. The van der Waals surface area contributed by atoms with Gasteiger partial charge in [0.1, 0.15) is 5.75 Å². The zero-order valence-electron chi connectivity index (χ0n) is 10.8. The topological polar surface area (TPSA) is 55.6 Å². The van der Waals surface area contributed by atoms with E-state index in [4.69, 9.17) is 10.5 Å². The molecule has 1 aromatic carbocycles. The summed E-state index contributed by atoms with van der Waals surface area (Å²) in [7, 11) is 0. The van der Waals surface area contributed by atoms with E-state index in [1.54, 1.807) is 0 Å². The molecule has 4 nitrogen and oxygen atoms in total. The Morgan fingerprint density at radius 3 is 3.06 bits per heavy atom. The summed E-state index contributed by atoms with van der Waals surface area (Å²) in [6.45, 7) is 3.91. The maximum atomic E-state index is 11.8. The van der Waals surface area contributed by atoms with Crippen LogP contribution >= 0.6 is 0 Å². The van der Waals surface area contributed by atoms with E-state index in [9.17, 15) is 4.79 Å². The van der Waals surface area contributed by atoms with E-state index in [2.05, 4.69) is 0 Å². The molecule has 2 N–H and O–H groups in total. The first kappa shape index (κ1) is 12.9. The van der Waals surface area contributed by atoms with E-state index in [1.165, 1.54) is 0 Å². The van der Waals surface area contributed by atoms with Crippen molar-refractivity contribution in [2.24, 2.45) is 5.73 Å². The maximum absolute atomic E-state index is 11.8. The first-order valence-corrected chi connectivity index (χ1v) is 6.38. The van der Waals surface area contributed by atoms with Gasteiger partial charge in [0.15, 0.2) is 0 Å². The van der Waals surface area contributed by atoms with Crippen LogP contribution in [-0.2, 0) is 4.79 Å². The van der Waals surface area contributed by atoms with Crippen molar-refractivity contribution >= 4 is 5.91 Å². The molecule has 0 saturated carbocycles. The Kier molecular flexibility index (Phi) is 4.20. The van der Waals surface area contributed by atoms with Gasteiger partial charge in [-0.3, -0.25) is 4.79 Å². The molecule has 1 fully saturated rings. The molecule has 1 atom stereocenters. The van der Waals surface area contributed by atoms with E-state index in [0.29, 0.717) is 19.6 Å². The molecule has 1 heterocycles. The van der Waals surface area contributed by atoms with Crippen molar-refractivity contribution in [3.05, 3.63) is 29.8 Å². The fourth-order valence-electron chi connectivity index (χ4n) is 2.13. The van der Waals surface area contributed by atoms with Gasteiger partial charge < -0.3 is 15.4 Å². The van der Waals surface area contributed by atoms with Gasteiger partial charge in [-0.05, 0) is 31.0 Å². The number of nitrogens with two attached hydrogens (primary N) is 1. The largest absolute Gasteiger partial charge is 0.493 e. The molecule has 4 heteroatoms. The molecule has 1 saturated heterocycles. The molecule has 2 rings (SSSR count). The highest BCUT2D eigenvalue weighted by atomic mass is 16.5. The molecule has 0 bridgehead atoms. The lowest BCUT2D eigenvalue weighted by molar-refractivity contribution is -0.130. The van der Waals surface area contributed by atoms with Crippen molar-refractivity contribution in [1.29, 1.82) is 0 Å². The lowest BCUT2D eigenvalue weighted by Crippen LogP contribution is -2.32. The van der Waals surface area contributed by atoms with E-state index in [-0.39, 0.29) is 11.9 Å². The highest BCUT2D eigenvalue weighted by Crippen LogP contribution is 2.13. The van der Waals surface area contributed by atoms with E-state index < -0.39 is 0 Å². The van der Waals surface area contributed by atoms with Crippen LogP contribution in [0.2, 0.25) is 0 Å². The molecule has 1 aliphatic heterocycles. The number of aryl methyl sites for hydroxylation is 1. The number of ether oxygens (including phenoxy) is 1. The molecule has 1 aliphatic rings. The van der Waals surface area contributed by atoms with E-state index in [0.717, 1.165) is 24.3 Å². The molecule has 0 radical (unpaired) electrons. The zero-order valence-corrected chi connectivity index (χ0v) is 10.8. The van der Waals surface area contributed by atoms with Gasteiger partial charge in [0, 0.05) is 19.1 Å². The SMILES string of the molecule is Cc1cccc(OCCC(=O)N2CC[C@H](N)C2)c1. The average molecular weight is 248 g/mol. The molecule has 98 valence electrons. The lowest BCUT2D eigenvalue weighted by atomic mass is 10.2. The fourth-order valence-corrected chi connectivity index (χ4v) is 2.13. The van der Waals surface area contributed by atoms with Gasteiger partial charge in [0.05, 0.1) is 13.0 Å². The van der Waals surface area contributed by atoms with Gasteiger partial charge in [-0.1, -0.05) is 12.1 Å². The molecular formula is C14H20N2O2.